The number of alkyl halides is 3. The van der Waals surface area contributed by atoms with Crippen LogP contribution in [0.2, 0.25) is 0 Å². The van der Waals surface area contributed by atoms with E-state index in [2.05, 4.69) is 4.90 Å². The van der Waals surface area contributed by atoms with Crippen LogP contribution in [0.15, 0.2) is 0 Å². The van der Waals surface area contributed by atoms with Crippen molar-refractivity contribution in [3.05, 3.63) is 0 Å². The summed E-state index contributed by atoms with van der Waals surface area (Å²) in [5, 5.41) is 8.95. The number of carbonyl (C=O) groups is 1. The van der Waals surface area contributed by atoms with Gasteiger partial charge in [0.15, 0.2) is 0 Å². The average Bonchev–Trinajstić information content (AvgIpc) is 2.38. The maximum absolute atomic E-state index is 12.7. The van der Waals surface area contributed by atoms with Gasteiger partial charge in [-0.2, -0.15) is 24.9 Å². The summed E-state index contributed by atoms with van der Waals surface area (Å²) < 4.78 is 38.0. The number of carboxylic acids is 1. The first-order chi connectivity index (χ1) is 9.38. The number of nitrogens with zero attached hydrogens (tertiary/aromatic N) is 1. The number of halogens is 3. The zero-order chi connectivity index (χ0) is 14.8. The highest BCUT2D eigenvalue weighted by Crippen LogP contribution is 2.39. The number of rotatable bonds is 3. The molecule has 7 heteroatoms. The Morgan fingerprint density at radius 1 is 1.25 bits per heavy atom. The molecule has 1 heterocycles. The van der Waals surface area contributed by atoms with Crippen molar-refractivity contribution in [1.82, 2.24) is 4.90 Å². The quantitative estimate of drug-likeness (QED) is 0.870. The minimum Gasteiger partial charge on any atom is -0.481 e. The minimum atomic E-state index is -4.08. The molecule has 20 heavy (non-hydrogen) atoms. The normalized spacial score (nSPS) is 33.0. The van der Waals surface area contributed by atoms with Crippen molar-refractivity contribution in [3.8, 4) is 0 Å². The summed E-state index contributed by atoms with van der Waals surface area (Å²) in [5.74, 6) is -0.289. The van der Waals surface area contributed by atoms with Gasteiger partial charge >= 0.3 is 12.1 Å². The van der Waals surface area contributed by atoms with Gasteiger partial charge in [-0.1, -0.05) is 0 Å². The summed E-state index contributed by atoms with van der Waals surface area (Å²) in [6.07, 6.45) is -2.57. The highest BCUT2D eigenvalue weighted by atomic mass is 32.2. The Hall–Kier alpha value is -0.430. The molecule has 0 bridgehead atoms. The van der Waals surface area contributed by atoms with Crippen molar-refractivity contribution in [2.45, 2.75) is 50.4 Å². The molecule has 1 aliphatic carbocycles. The second kappa shape index (κ2) is 6.56. The molecule has 1 atom stereocenters. The molecule has 3 nitrogen and oxygen atoms in total. The van der Waals surface area contributed by atoms with Crippen LogP contribution < -0.4 is 0 Å². The summed E-state index contributed by atoms with van der Waals surface area (Å²) in [5.41, 5.74) is 0. The first-order valence-electron chi connectivity index (χ1n) is 7.00. The lowest BCUT2D eigenvalue weighted by Crippen LogP contribution is -2.50. The van der Waals surface area contributed by atoms with Crippen LogP contribution in [0.1, 0.15) is 32.1 Å². The monoisotopic (exact) mass is 311 g/mol. The van der Waals surface area contributed by atoms with Gasteiger partial charge in [-0.05, 0) is 25.7 Å². The molecular formula is C13H20F3NO2S. The van der Waals surface area contributed by atoms with Crippen LogP contribution in [0.5, 0.6) is 0 Å². The van der Waals surface area contributed by atoms with Crippen LogP contribution in [-0.2, 0) is 4.79 Å². The van der Waals surface area contributed by atoms with E-state index in [1.54, 1.807) is 11.8 Å². The van der Waals surface area contributed by atoms with Gasteiger partial charge in [0, 0.05) is 30.1 Å². The van der Waals surface area contributed by atoms with Crippen molar-refractivity contribution >= 4 is 17.7 Å². The predicted molar refractivity (Wildman–Crippen MR) is 71.9 cm³/mol. The topological polar surface area (TPSA) is 40.5 Å². The van der Waals surface area contributed by atoms with Crippen molar-refractivity contribution in [2.24, 2.45) is 5.92 Å². The molecular weight excluding hydrogens is 291 g/mol. The maximum atomic E-state index is 12.7. The Labute approximate surface area is 120 Å². The standard InChI is InChI=1S/C13H20F3NO2S/c14-13(15,16)9-1-3-10(4-2-9)17-5-6-20-8-11(17)7-12(18)19/h9-11H,1-8H2,(H,18,19). The first-order valence-corrected chi connectivity index (χ1v) is 8.15. The summed E-state index contributed by atoms with van der Waals surface area (Å²) in [6, 6.07) is 0.0949. The fourth-order valence-electron chi connectivity index (χ4n) is 3.26. The van der Waals surface area contributed by atoms with Gasteiger partial charge in [0.2, 0.25) is 0 Å². The lowest BCUT2D eigenvalue weighted by Gasteiger charge is -2.43. The summed E-state index contributed by atoms with van der Waals surface area (Å²) in [4.78, 5) is 13.0. The predicted octanol–water partition coefficient (Wildman–Crippen LogP) is 3.00. The van der Waals surface area contributed by atoms with E-state index in [0.717, 1.165) is 18.1 Å². The third-order valence-electron chi connectivity index (χ3n) is 4.31. The molecule has 0 aromatic carbocycles. The smallest absolute Gasteiger partial charge is 0.391 e. The Balaban J connectivity index is 1.92. The van der Waals surface area contributed by atoms with Crippen LogP contribution in [0, 0.1) is 5.92 Å². The van der Waals surface area contributed by atoms with Crippen molar-refractivity contribution in [1.29, 1.82) is 0 Å². The van der Waals surface area contributed by atoms with E-state index in [1.165, 1.54) is 0 Å². The number of aliphatic carboxylic acids is 1. The van der Waals surface area contributed by atoms with Gasteiger partial charge in [0.25, 0.3) is 0 Å². The molecule has 1 saturated carbocycles. The first kappa shape index (κ1) is 15.9. The molecule has 1 aliphatic heterocycles. The van der Waals surface area contributed by atoms with Gasteiger partial charge in [0.05, 0.1) is 12.3 Å². The van der Waals surface area contributed by atoms with Crippen LogP contribution in [-0.4, -0.2) is 52.3 Å². The van der Waals surface area contributed by atoms with E-state index < -0.39 is 18.1 Å². The maximum Gasteiger partial charge on any atom is 0.391 e. The SMILES string of the molecule is O=C(O)CC1CSCCN1C1CCC(C(F)(F)F)CC1. The van der Waals surface area contributed by atoms with Crippen LogP contribution in [0.25, 0.3) is 0 Å². The molecule has 2 aliphatic rings. The third kappa shape index (κ3) is 4.04. The van der Waals surface area contributed by atoms with E-state index in [4.69, 9.17) is 5.11 Å². The van der Waals surface area contributed by atoms with Gasteiger partial charge in [-0.15, -0.1) is 0 Å². The fourth-order valence-corrected chi connectivity index (χ4v) is 4.35. The van der Waals surface area contributed by atoms with E-state index in [1.807, 2.05) is 0 Å². The molecule has 1 unspecified atom stereocenters. The van der Waals surface area contributed by atoms with Gasteiger partial charge in [-0.3, -0.25) is 9.69 Å². The minimum absolute atomic E-state index is 0.0290. The van der Waals surface area contributed by atoms with Crippen molar-refractivity contribution in [3.63, 3.8) is 0 Å². The average molecular weight is 311 g/mol. The molecule has 2 rings (SSSR count). The lowest BCUT2D eigenvalue weighted by atomic mass is 9.84. The number of hydrogen-bond donors (Lipinski definition) is 1. The highest BCUT2D eigenvalue weighted by molar-refractivity contribution is 7.99. The zero-order valence-electron chi connectivity index (χ0n) is 11.2. The molecule has 0 spiro atoms. The molecule has 0 radical (unpaired) electrons. The molecule has 116 valence electrons. The number of carboxylic acid groups (broad SMARTS) is 1. The zero-order valence-corrected chi connectivity index (χ0v) is 12.1. The van der Waals surface area contributed by atoms with Crippen molar-refractivity contribution < 1.29 is 23.1 Å². The molecule has 1 saturated heterocycles. The van der Waals surface area contributed by atoms with E-state index in [-0.39, 0.29) is 31.3 Å². The Morgan fingerprint density at radius 3 is 2.45 bits per heavy atom. The van der Waals surface area contributed by atoms with Crippen LogP contribution in [0.4, 0.5) is 13.2 Å². The second-order valence-electron chi connectivity index (χ2n) is 5.61. The summed E-state index contributed by atoms with van der Waals surface area (Å²) in [6.45, 7) is 0.796. The van der Waals surface area contributed by atoms with E-state index in [9.17, 15) is 18.0 Å². The highest BCUT2D eigenvalue weighted by Gasteiger charge is 2.43. The largest absolute Gasteiger partial charge is 0.481 e. The third-order valence-corrected chi connectivity index (χ3v) is 5.40. The summed E-state index contributed by atoms with van der Waals surface area (Å²) in [7, 11) is 0. The van der Waals surface area contributed by atoms with Gasteiger partial charge in [0.1, 0.15) is 0 Å². The van der Waals surface area contributed by atoms with Crippen LogP contribution >= 0.6 is 11.8 Å². The lowest BCUT2D eigenvalue weighted by molar-refractivity contribution is -0.184. The molecule has 1 N–H and O–H groups in total. The molecule has 0 aromatic rings. The van der Waals surface area contributed by atoms with E-state index in [0.29, 0.717) is 12.8 Å². The van der Waals surface area contributed by atoms with Gasteiger partial charge < -0.3 is 5.11 Å². The molecule has 0 amide bonds. The van der Waals surface area contributed by atoms with Gasteiger partial charge in [-0.25, -0.2) is 0 Å². The second-order valence-corrected chi connectivity index (χ2v) is 6.76. The molecule has 0 aromatic heterocycles. The van der Waals surface area contributed by atoms with Crippen LogP contribution in [0.3, 0.4) is 0 Å². The van der Waals surface area contributed by atoms with Crippen molar-refractivity contribution in [2.75, 3.05) is 18.1 Å². The number of thioether (sulfide) groups is 1. The fraction of sp³-hybridized carbons (Fsp3) is 0.923. The summed E-state index contributed by atoms with van der Waals surface area (Å²) >= 11 is 1.73. The Kier molecular flexibility index (Phi) is 5.23. The molecule has 2 fully saturated rings. The Bertz CT molecular complexity index is 343. The Morgan fingerprint density at radius 2 is 1.90 bits per heavy atom. The number of hydrogen-bond acceptors (Lipinski definition) is 3. The van der Waals surface area contributed by atoms with E-state index >= 15 is 0 Å².